The van der Waals surface area contributed by atoms with Crippen molar-refractivity contribution in [3.63, 3.8) is 0 Å². The van der Waals surface area contributed by atoms with Gasteiger partial charge in [-0.2, -0.15) is 5.21 Å². The van der Waals surface area contributed by atoms with E-state index in [1.165, 1.54) is 0 Å². The summed E-state index contributed by atoms with van der Waals surface area (Å²) < 4.78 is 5.74. The number of hydrogen-bond acceptors (Lipinski definition) is 5. The lowest BCUT2D eigenvalue weighted by molar-refractivity contribution is 0.306. The predicted octanol–water partition coefficient (Wildman–Crippen LogP) is 3.04. The molecule has 3 aromatic rings. The van der Waals surface area contributed by atoms with Gasteiger partial charge in [0.2, 0.25) is 0 Å². The van der Waals surface area contributed by atoms with Crippen molar-refractivity contribution in [2.75, 3.05) is 5.32 Å². The van der Waals surface area contributed by atoms with Gasteiger partial charge in [-0.05, 0) is 28.5 Å². The molecule has 112 valence electrons. The highest BCUT2D eigenvalue weighted by Crippen LogP contribution is 2.26. The van der Waals surface area contributed by atoms with E-state index in [4.69, 9.17) is 16.3 Å². The topological polar surface area (TPSA) is 75.7 Å². The summed E-state index contributed by atoms with van der Waals surface area (Å²) in [6.07, 6.45) is 0. The average molecular weight is 316 g/mol. The molecule has 0 bridgehead atoms. The molecule has 0 saturated heterocycles. The average Bonchev–Trinajstić information content (AvgIpc) is 3.06. The van der Waals surface area contributed by atoms with Crippen LogP contribution in [0.4, 0.5) is 5.95 Å². The minimum Gasteiger partial charge on any atom is -0.487 e. The number of halogens is 1. The maximum absolute atomic E-state index is 6.25. The van der Waals surface area contributed by atoms with Gasteiger partial charge in [0.25, 0.3) is 5.95 Å². The highest BCUT2D eigenvalue weighted by molar-refractivity contribution is 6.32. The number of aromatic nitrogens is 4. The van der Waals surface area contributed by atoms with Crippen molar-refractivity contribution in [1.82, 2.24) is 20.6 Å². The molecule has 0 saturated carbocycles. The molecule has 0 aliphatic heterocycles. The number of rotatable bonds is 6. The third-order valence-corrected chi connectivity index (χ3v) is 3.32. The molecular weight excluding hydrogens is 302 g/mol. The van der Waals surface area contributed by atoms with E-state index >= 15 is 0 Å². The van der Waals surface area contributed by atoms with Crippen LogP contribution in [0.1, 0.15) is 11.1 Å². The lowest BCUT2D eigenvalue weighted by Crippen LogP contribution is -2.02. The van der Waals surface area contributed by atoms with Gasteiger partial charge in [-0.15, -0.1) is 5.10 Å². The molecule has 0 aliphatic rings. The van der Waals surface area contributed by atoms with Gasteiger partial charge >= 0.3 is 0 Å². The Hall–Kier alpha value is -2.60. The number of tetrazole rings is 1. The summed E-state index contributed by atoms with van der Waals surface area (Å²) in [5.74, 6) is 1.11. The molecule has 2 aromatic carbocycles. The van der Waals surface area contributed by atoms with Crippen molar-refractivity contribution in [3.8, 4) is 5.75 Å². The second kappa shape index (κ2) is 6.91. The molecule has 0 radical (unpaired) electrons. The summed E-state index contributed by atoms with van der Waals surface area (Å²) in [4.78, 5) is 0. The van der Waals surface area contributed by atoms with E-state index in [9.17, 15) is 0 Å². The predicted molar refractivity (Wildman–Crippen MR) is 83.7 cm³/mol. The quantitative estimate of drug-likeness (QED) is 0.731. The Kier molecular flexibility index (Phi) is 4.50. The molecule has 0 amide bonds. The second-order valence-corrected chi connectivity index (χ2v) is 5.04. The van der Waals surface area contributed by atoms with Gasteiger partial charge in [-0.1, -0.05) is 53.1 Å². The lowest BCUT2D eigenvalue weighted by Gasteiger charge is -2.10. The Bertz CT molecular complexity index is 718. The zero-order valence-corrected chi connectivity index (χ0v) is 12.4. The van der Waals surface area contributed by atoms with Crippen LogP contribution in [0.5, 0.6) is 5.75 Å². The van der Waals surface area contributed by atoms with Crippen LogP contribution < -0.4 is 10.1 Å². The zero-order chi connectivity index (χ0) is 15.2. The Morgan fingerprint density at radius 3 is 2.68 bits per heavy atom. The summed E-state index contributed by atoms with van der Waals surface area (Å²) in [5, 5.41) is 17.1. The third kappa shape index (κ3) is 3.73. The Labute approximate surface area is 132 Å². The number of ether oxygens (including phenoxy) is 1. The zero-order valence-electron chi connectivity index (χ0n) is 11.7. The van der Waals surface area contributed by atoms with Gasteiger partial charge in [-0.25, -0.2) is 0 Å². The monoisotopic (exact) mass is 315 g/mol. The molecule has 0 spiro atoms. The number of benzene rings is 2. The van der Waals surface area contributed by atoms with Crippen LogP contribution >= 0.6 is 11.6 Å². The van der Waals surface area contributed by atoms with E-state index in [1.807, 2.05) is 48.5 Å². The SMILES string of the molecule is Clc1cc(CNc2nn[nH]n2)ccc1OCc1ccccc1. The van der Waals surface area contributed by atoms with Crippen LogP contribution in [-0.4, -0.2) is 20.6 Å². The Balaban J connectivity index is 1.59. The minimum absolute atomic E-state index is 0.445. The van der Waals surface area contributed by atoms with Crippen molar-refractivity contribution in [2.45, 2.75) is 13.2 Å². The largest absolute Gasteiger partial charge is 0.487 e. The Morgan fingerprint density at radius 2 is 1.95 bits per heavy atom. The smallest absolute Gasteiger partial charge is 0.263 e. The van der Waals surface area contributed by atoms with E-state index in [-0.39, 0.29) is 0 Å². The molecule has 6 nitrogen and oxygen atoms in total. The number of aromatic amines is 1. The number of nitrogens with one attached hydrogen (secondary N) is 2. The molecule has 1 heterocycles. The second-order valence-electron chi connectivity index (χ2n) is 4.63. The normalized spacial score (nSPS) is 10.4. The van der Waals surface area contributed by atoms with Gasteiger partial charge in [-0.3, -0.25) is 0 Å². The summed E-state index contributed by atoms with van der Waals surface area (Å²) in [5.41, 5.74) is 2.10. The first kappa shape index (κ1) is 14.3. The highest BCUT2D eigenvalue weighted by Gasteiger charge is 2.05. The van der Waals surface area contributed by atoms with Crippen molar-refractivity contribution in [1.29, 1.82) is 0 Å². The molecule has 0 atom stereocenters. The van der Waals surface area contributed by atoms with Crippen LogP contribution in [0.3, 0.4) is 0 Å². The van der Waals surface area contributed by atoms with E-state index in [0.717, 1.165) is 11.1 Å². The van der Waals surface area contributed by atoms with Gasteiger partial charge in [0.05, 0.1) is 5.02 Å². The van der Waals surface area contributed by atoms with Crippen LogP contribution in [0.25, 0.3) is 0 Å². The van der Waals surface area contributed by atoms with Crippen LogP contribution in [-0.2, 0) is 13.2 Å². The van der Waals surface area contributed by atoms with E-state index in [2.05, 4.69) is 25.9 Å². The van der Waals surface area contributed by atoms with Crippen LogP contribution in [0.2, 0.25) is 5.02 Å². The third-order valence-electron chi connectivity index (χ3n) is 3.03. The fourth-order valence-corrected chi connectivity index (χ4v) is 2.18. The van der Waals surface area contributed by atoms with Gasteiger partial charge in [0, 0.05) is 6.54 Å². The maximum Gasteiger partial charge on any atom is 0.263 e. The summed E-state index contributed by atoms with van der Waals surface area (Å²) >= 11 is 6.25. The van der Waals surface area contributed by atoms with Crippen molar-refractivity contribution >= 4 is 17.5 Å². The summed E-state index contributed by atoms with van der Waals surface area (Å²) in [7, 11) is 0. The van der Waals surface area contributed by atoms with Crippen molar-refractivity contribution < 1.29 is 4.74 Å². The first-order valence-electron chi connectivity index (χ1n) is 6.74. The van der Waals surface area contributed by atoms with E-state index in [0.29, 0.717) is 29.9 Å². The standard InChI is InChI=1S/C15H14ClN5O/c16-13-8-12(9-17-15-18-20-21-19-15)6-7-14(13)22-10-11-4-2-1-3-5-11/h1-8H,9-10H2,(H2,17,18,19,20,21). The fourth-order valence-electron chi connectivity index (χ4n) is 1.92. The molecule has 2 N–H and O–H groups in total. The van der Waals surface area contributed by atoms with Crippen molar-refractivity contribution in [2.24, 2.45) is 0 Å². The minimum atomic E-state index is 0.445. The lowest BCUT2D eigenvalue weighted by atomic mass is 10.2. The highest BCUT2D eigenvalue weighted by atomic mass is 35.5. The summed E-state index contributed by atoms with van der Waals surface area (Å²) in [6.45, 7) is 1.04. The van der Waals surface area contributed by atoms with E-state index < -0.39 is 0 Å². The molecule has 0 unspecified atom stereocenters. The number of nitrogens with zero attached hydrogens (tertiary/aromatic N) is 3. The molecule has 3 rings (SSSR count). The number of hydrogen-bond donors (Lipinski definition) is 2. The molecular formula is C15H14ClN5O. The van der Waals surface area contributed by atoms with Gasteiger partial charge in [0.1, 0.15) is 12.4 Å². The molecule has 22 heavy (non-hydrogen) atoms. The van der Waals surface area contributed by atoms with Crippen molar-refractivity contribution in [3.05, 3.63) is 64.7 Å². The molecule has 0 fully saturated rings. The number of H-pyrrole nitrogens is 1. The summed E-state index contributed by atoms with van der Waals surface area (Å²) in [6, 6.07) is 15.6. The molecule has 7 heteroatoms. The number of anilines is 1. The fraction of sp³-hybridized carbons (Fsp3) is 0.133. The molecule has 1 aromatic heterocycles. The van der Waals surface area contributed by atoms with Gasteiger partial charge < -0.3 is 10.1 Å². The van der Waals surface area contributed by atoms with Gasteiger partial charge in [0.15, 0.2) is 0 Å². The van der Waals surface area contributed by atoms with E-state index in [1.54, 1.807) is 0 Å². The maximum atomic E-state index is 6.25. The first-order chi connectivity index (χ1) is 10.8. The Morgan fingerprint density at radius 1 is 1.09 bits per heavy atom. The van der Waals surface area contributed by atoms with Crippen LogP contribution in [0.15, 0.2) is 48.5 Å². The molecule has 0 aliphatic carbocycles. The first-order valence-corrected chi connectivity index (χ1v) is 7.11. The van der Waals surface area contributed by atoms with Crippen LogP contribution in [0, 0.1) is 0 Å².